The number of benzene rings is 7. The van der Waals surface area contributed by atoms with Crippen LogP contribution in [0.2, 0.25) is 0 Å². The molecule has 1 radical (unpaired) electrons. The standard InChI is InChI=1S/C57H55BN3.C13H11FN.Ir/c1-54(2,3)36-18-20-47-40(27-36)42-29-38(56(7,8)9)31-44-52(42)60(47)49-25-35(34-22-23-59-46(24-34)33-16-14-13-15-17-33)26-50-51(49)58(44)45-32-39(57(10,11)12)30-43-41-28-37(55(4,5)6)19-21-48(41)61(50)53(43)45;1-9-7-13(15-8-10(9)2)11-3-5-12(14)6-4-11;/h13-16,18-32H,1-12H3;3,5-8H,1-2H3;/q2*-1;. The fourth-order valence-electron chi connectivity index (χ4n) is 11.7. The van der Waals surface area contributed by atoms with E-state index in [0.717, 1.165) is 33.6 Å². The molecule has 0 N–H and O–H groups in total. The van der Waals surface area contributed by atoms with Crippen LogP contribution in [0.5, 0.6) is 0 Å². The van der Waals surface area contributed by atoms with E-state index in [9.17, 15) is 4.39 Å². The van der Waals surface area contributed by atoms with Crippen LogP contribution in [0.15, 0.2) is 146 Å². The molecule has 77 heavy (non-hydrogen) atoms. The van der Waals surface area contributed by atoms with E-state index in [4.69, 9.17) is 4.98 Å². The van der Waals surface area contributed by atoms with Crippen molar-refractivity contribution in [3.05, 3.63) is 197 Å². The molecule has 0 fully saturated rings. The quantitative estimate of drug-likeness (QED) is 0.131. The Kier molecular flexibility index (Phi) is 12.4. The van der Waals surface area contributed by atoms with Crippen LogP contribution < -0.4 is 16.4 Å². The molecule has 0 amide bonds. The van der Waals surface area contributed by atoms with Crippen LogP contribution in [0.1, 0.15) is 116 Å². The van der Waals surface area contributed by atoms with Crippen LogP contribution in [0.4, 0.5) is 4.39 Å². The summed E-state index contributed by atoms with van der Waals surface area (Å²) >= 11 is 0. The van der Waals surface area contributed by atoms with Gasteiger partial charge in [0.2, 0.25) is 0 Å². The molecule has 387 valence electrons. The smallest absolute Gasteiger partial charge is 0.252 e. The minimum absolute atomic E-state index is 0. The zero-order chi connectivity index (χ0) is 53.5. The number of halogens is 1. The summed E-state index contributed by atoms with van der Waals surface area (Å²) in [5.41, 5.74) is 25.5. The molecule has 2 aliphatic rings. The van der Waals surface area contributed by atoms with Crippen molar-refractivity contribution >= 4 is 66.7 Å². The number of rotatable bonds is 3. The predicted octanol–water partition coefficient (Wildman–Crippen LogP) is 16.0. The molecular formula is C70H66BFIrN4-2. The maximum absolute atomic E-state index is 12.7. The first-order valence-electron chi connectivity index (χ1n) is 26.9. The molecule has 4 nitrogen and oxygen atoms in total. The Morgan fingerprint density at radius 3 is 1.48 bits per heavy atom. The van der Waals surface area contributed by atoms with E-state index in [1.165, 1.54) is 117 Å². The van der Waals surface area contributed by atoms with Gasteiger partial charge < -0.3 is 19.1 Å². The van der Waals surface area contributed by atoms with Crippen LogP contribution in [0, 0.1) is 31.8 Å². The van der Waals surface area contributed by atoms with Crippen molar-refractivity contribution in [1.29, 1.82) is 0 Å². The van der Waals surface area contributed by atoms with E-state index in [2.05, 4.69) is 206 Å². The average Bonchev–Trinajstić information content (AvgIpc) is 4.03. The first kappa shape index (κ1) is 52.2. The minimum atomic E-state index is -0.275. The van der Waals surface area contributed by atoms with Crippen LogP contribution in [0.3, 0.4) is 0 Å². The largest absolute Gasteiger partial charge is 0.310 e. The van der Waals surface area contributed by atoms with Gasteiger partial charge >= 0.3 is 0 Å². The third kappa shape index (κ3) is 8.79. The first-order valence-corrected chi connectivity index (χ1v) is 26.9. The van der Waals surface area contributed by atoms with E-state index < -0.39 is 0 Å². The van der Waals surface area contributed by atoms with Crippen molar-refractivity contribution in [3.8, 4) is 45.0 Å². The number of hydrogen-bond donors (Lipinski definition) is 0. The Labute approximate surface area is 468 Å². The van der Waals surface area contributed by atoms with Gasteiger partial charge in [0, 0.05) is 82.3 Å². The second-order valence-corrected chi connectivity index (χ2v) is 25.7. The normalized spacial score (nSPS) is 13.0. The Hall–Kier alpha value is -6.92. The molecule has 0 saturated heterocycles. The maximum Gasteiger partial charge on any atom is 0.252 e. The van der Waals surface area contributed by atoms with E-state index >= 15 is 0 Å². The summed E-state index contributed by atoms with van der Waals surface area (Å²) in [5, 5.41) is 5.34. The summed E-state index contributed by atoms with van der Waals surface area (Å²) in [6, 6.07) is 54.9. The van der Waals surface area contributed by atoms with Crippen molar-refractivity contribution in [2.75, 3.05) is 0 Å². The monoisotopic (exact) mass is 1190 g/mol. The van der Waals surface area contributed by atoms with Gasteiger partial charge in [0.25, 0.3) is 6.71 Å². The number of pyridine rings is 2. The first-order chi connectivity index (χ1) is 35.9. The predicted molar refractivity (Wildman–Crippen MR) is 320 cm³/mol. The number of aryl methyl sites for hydroxylation is 2. The molecule has 0 unspecified atom stereocenters. The third-order valence-electron chi connectivity index (χ3n) is 16.3. The van der Waals surface area contributed by atoms with Gasteiger partial charge in [-0.1, -0.05) is 125 Å². The van der Waals surface area contributed by atoms with Crippen LogP contribution in [-0.4, -0.2) is 25.8 Å². The number of aromatic nitrogens is 4. The van der Waals surface area contributed by atoms with E-state index in [1.807, 2.05) is 44.4 Å². The Bertz CT molecular complexity index is 3990. The fourth-order valence-corrected chi connectivity index (χ4v) is 11.7. The third-order valence-corrected chi connectivity index (χ3v) is 16.3. The van der Waals surface area contributed by atoms with Crippen molar-refractivity contribution in [2.24, 2.45) is 0 Å². The summed E-state index contributed by atoms with van der Waals surface area (Å²) < 4.78 is 18.0. The summed E-state index contributed by atoms with van der Waals surface area (Å²) in [4.78, 5) is 9.13. The van der Waals surface area contributed by atoms with Gasteiger partial charge in [-0.25, -0.2) is 0 Å². The second-order valence-electron chi connectivity index (χ2n) is 25.7. The van der Waals surface area contributed by atoms with Gasteiger partial charge in [-0.15, -0.1) is 65.7 Å². The number of hydrogen-bond acceptors (Lipinski definition) is 2. The van der Waals surface area contributed by atoms with Crippen molar-refractivity contribution < 1.29 is 24.5 Å². The molecule has 7 heteroatoms. The molecule has 0 bridgehead atoms. The van der Waals surface area contributed by atoms with E-state index in [-0.39, 0.29) is 54.3 Å². The van der Waals surface area contributed by atoms with Crippen LogP contribution in [-0.2, 0) is 41.8 Å². The zero-order valence-electron chi connectivity index (χ0n) is 46.9. The van der Waals surface area contributed by atoms with Crippen molar-refractivity contribution in [1.82, 2.24) is 19.1 Å². The minimum Gasteiger partial charge on any atom is -0.310 e. The molecule has 13 rings (SSSR count). The van der Waals surface area contributed by atoms with Gasteiger partial charge in [0.05, 0.1) is 11.0 Å². The molecular weight excluding hydrogens is 1120 g/mol. The van der Waals surface area contributed by atoms with Gasteiger partial charge in [-0.2, -0.15) is 0 Å². The fraction of sp³-hybridized carbons (Fsp3) is 0.257. The molecule has 11 aromatic rings. The molecule has 4 aromatic heterocycles. The molecule has 0 aliphatic carbocycles. The molecule has 7 aromatic carbocycles. The Morgan fingerprint density at radius 2 is 1.00 bits per heavy atom. The summed E-state index contributed by atoms with van der Waals surface area (Å²) in [5.74, 6) is -0.275. The van der Waals surface area contributed by atoms with Gasteiger partial charge in [-0.05, 0) is 157 Å². The van der Waals surface area contributed by atoms with Crippen LogP contribution >= 0.6 is 0 Å². The van der Waals surface area contributed by atoms with Gasteiger partial charge in [0.1, 0.15) is 0 Å². The summed E-state index contributed by atoms with van der Waals surface area (Å²) in [7, 11) is 0. The maximum atomic E-state index is 12.7. The Morgan fingerprint density at radius 1 is 0.481 bits per heavy atom. The summed E-state index contributed by atoms with van der Waals surface area (Å²) in [6.07, 6.45) is 3.78. The van der Waals surface area contributed by atoms with Gasteiger partial charge in [-0.3, -0.25) is 4.39 Å². The summed E-state index contributed by atoms with van der Waals surface area (Å²) in [6.45, 7) is 32.3. The molecule has 0 saturated carbocycles. The molecule has 0 spiro atoms. The zero-order valence-corrected chi connectivity index (χ0v) is 49.3. The van der Waals surface area contributed by atoms with E-state index in [0.29, 0.717) is 0 Å². The average molecular weight is 1190 g/mol. The molecule has 6 heterocycles. The molecule has 0 atom stereocenters. The number of fused-ring (bicyclic) bond motifs is 10. The SMILES string of the molecule is CC(C)(C)c1ccc2c(c1)c1cc(C(C)(C)C)cc3c1n2-c1cc(-c2ccnc(-c4[c-]cccc4)c2)cc2c1B3c1cc(C(C)(C)C)cc3c4cc(C(C)(C)C)ccc4n-2c13.Cc1cnc(-c2[c-]cc(F)cc2)cc1C.[Ir]. The van der Waals surface area contributed by atoms with Gasteiger partial charge in [0.15, 0.2) is 0 Å². The second kappa shape index (κ2) is 18.4. The van der Waals surface area contributed by atoms with Crippen molar-refractivity contribution in [2.45, 2.75) is 119 Å². The van der Waals surface area contributed by atoms with Crippen LogP contribution in [0.25, 0.3) is 88.6 Å². The Balaban J connectivity index is 0.000000340. The van der Waals surface area contributed by atoms with Crippen molar-refractivity contribution in [3.63, 3.8) is 0 Å². The van der Waals surface area contributed by atoms with E-state index in [1.54, 1.807) is 6.07 Å². The topological polar surface area (TPSA) is 35.6 Å². The molecule has 2 aliphatic heterocycles. The number of nitrogens with zero attached hydrogens (tertiary/aromatic N) is 4.